The van der Waals surface area contributed by atoms with E-state index >= 15 is 0 Å². The van der Waals surface area contributed by atoms with Gasteiger partial charge in [-0.3, -0.25) is 4.79 Å². The molecule has 1 amide bonds. The molecule has 4 rings (SSSR count). The summed E-state index contributed by atoms with van der Waals surface area (Å²) < 4.78 is 0. The number of hydrogen-bond acceptors (Lipinski definition) is 5. The molecule has 1 aliphatic heterocycles. The van der Waals surface area contributed by atoms with Crippen LogP contribution in [0.15, 0.2) is 72.9 Å². The molecule has 0 spiro atoms. The third kappa shape index (κ3) is 4.92. The van der Waals surface area contributed by atoms with Crippen molar-refractivity contribution in [3.8, 4) is 0 Å². The fraction of sp³-hybridized carbons (Fsp3) is 0.217. The van der Waals surface area contributed by atoms with Crippen LogP contribution in [0.1, 0.15) is 10.4 Å². The molecular weight excluding hydrogens is 362 g/mol. The van der Waals surface area contributed by atoms with Gasteiger partial charge in [0, 0.05) is 43.1 Å². The topological polar surface area (TPSA) is 60.5 Å². The smallest absolute Gasteiger partial charge is 0.255 e. The number of likely N-dealkylation sites (N-methyl/N-ethyl adjacent to an activating group) is 1. The van der Waals surface area contributed by atoms with Gasteiger partial charge in [-0.1, -0.05) is 18.2 Å². The van der Waals surface area contributed by atoms with Crippen molar-refractivity contribution >= 4 is 28.8 Å². The van der Waals surface area contributed by atoms with Crippen LogP contribution in [0.2, 0.25) is 0 Å². The van der Waals surface area contributed by atoms with Crippen LogP contribution in [0.5, 0.6) is 0 Å². The average molecular weight is 387 g/mol. The zero-order chi connectivity index (χ0) is 20.1. The van der Waals surface area contributed by atoms with Crippen molar-refractivity contribution < 1.29 is 4.79 Å². The summed E-state index contributed by atoms with van der Waals surface area (Å²) in [7, 11) is 2.16. The summed E-state index contributed by atoms with van der Waals surface area (Å²) in [4.78, 5) is 21.4. The summed E-state index contributed by atoms with van der Waals surface area (Å²) in [6.45, 7) is 4.30. The van der Waals surface area contributed by atoms with Gasteiger partial charge < -0.3 is 20.4 Å². The Kier molecular flexibility index (Phi) is 5.72. The first-order chi connectivity index (χ1) is 14.2. The average Bonchev–Trinajstić information content (AvgIpc) is 2.77. The highest BCUT2D eigenvalue weighted by Crippen LogP contribution is 2.22. The van der Waals surface area contributed by atoms with Gasteiger partial charge in [-0.15, -0.1) is 0 Å². The SMILES string of the molecule is CN1CCN(c2ccc(Nc3ccc(NC(=O)c4ccccc4)cn3)cc2)CC1. The van der Waals surface area contributed by atoms with E-state index in [1.54, 1.807) is 18.3 Å². The fourth-order valence-corrected chi connectivity index (χ4v) is 3.30. The maximum atomic E-state index is 12.2. The number of nitrogens with zero attached hydrogens (tertiary/aromatic N) is 3. The Morgan fingerprint density at radius 1 is 0.862 bits per heavy atom. The molecular formula is C23H25N5O. The molecule has 2 aromatic carbocycles. The molecule has 29 heavy (non-hydrogen) atoms. The number of amides is 1. The third-order valence-electron chi connectivity index (χ3n) is 5.07. The molecule has 0 atom stereocenters. The minimum atomic E-state index is -0.146. The first-order valence-corrected chi connectivity index (χ1v) is 9.80. The highest BCUT2D eigenvalue weighted by atomic mass is 16.1. The first-order valence-electron chi connectivity index (χ1n) is 9.80. The number of hydrogen-bond donors (Lipinski definition) is 2. The summed E-state index contributed by atoms with van der Waals surface area (Å²) >= 11 is 0. The summed E-state index contributed by atoms with van der Waals surface area (Å²) in [5.74, 6) is 0.586. The normalized spacial score (nSPS) is 14.4. The minimum Gasteiger partial charge on any atom is -0.369 e. The molecule has 148 valence electrons. The lowest BCUT2D eigenvalue weighted by Gasteiger charge is -2.34. The van der Waals surface area contributed by atoms with Gasteiger partial charge in [0.2, 0.25) is 0 Å². The highest BCUT2D eigenvalue weighted by molar-refractivity contribution is 6.04. The number of anilines is 4. The lowest BCUT2D eigenvalue weighted by molar-refractivity contribution is 0.102. The maximum Gasteiger partial charge on any atom is 0.255 e. The van der Waals surface area contributed by atoms with Crippen LogP contribution in [-0.4, -0.2) is 49.0 Å². The summed E-state index contributed by atoms with van der Waals surface area (Å²) in [5, 5.41) is 6.16. The quantitative estimate of drug-likeness (QED) is 0.697. The molecule has 6 heteroatoms. The molecule has 1 aliphatic rings. The molecule has 1 saturated heterocycles. The zero-order valence-corrected chi connectivity index (χ0v) is 16.5. The molecule has 0 bridgehead atoms. The van der Waals surface area contributed by atoms with Gasteiger partial charge in [-0.05, 0) is 55.6 Å². The number of piperazine rings is 1. The van der Waals surface area contributed by atoms with E-state index in [1.165, 1.54) is 5.69 Å². The van der Waals surface area contributed by atoms with Gasteiger partial charge in [0.15, 0.2) is 0 Å². The number of rotatable bonds is 5. The lowest BCUT2D eigenvalue weighted by atomic mass is 10.2. The number of carbonyl (C=O) groups excluding carboxylic acids is 1. The molecule has 6 nitrogen and oxygen atoms in total. The van der Waals surface area contributed by atoms with E-state index in [0.29, 0.717) is 11.3 Å². The fourth-order valence-electron chi connectivity index (χ4n) is 3.30. The number of pyridine rings is 1. The van der Waals surface area contributed by atoms with Crippen LogP contribution < -0.4 is 15.5 Å². The van der Waals surface area contributed by atoms with Crippen LogP contribution in [0.4, 0.5) is 22.9 Å². The second-order valence-electron chi connectivity index (χ2n) is 7.21. The van der Waals surface area contributed by atoms with Crippen molar-refractivity contribution in [3.63, 3.8) is 0 Å². The monoisotopic (exact) mass is 387 g/mol. The van der Waals surface area contributed by atoms with Gasteiger partial charge in [-0.25, -0.2) is 4.98 Å². The summed E-state index contributed by atoms with van der Waals surface area (Å²) in [5.41, 5.74) is 3.51. The highest BCUT2D eigenvalue weighted by Gasteiger charge is 2.14. The molecule has 0 unspecified atom stereocenters. The molecule has 3 aromatic rings. The van der Waals surface area contributed by atoms with E-state index in [4.69, 9.17) is 0 Å². The largest absolute Gasteiger partial charge is 0.369 e. The van der Waals surface area contributed by atoms with Crippen LogP contribution in [-0.2, 0) is 0 Å². The van der Waals surface area contributed by atoms with Crippen LogP contribution in [0.3, 0.4) is 0 Å². The summed E-state index contributed by atoms with van der Waals surface area (Å²) in [6.07, 6.45) is 1.65. The lowest BCUT2D eigenvalue weighted by Crippen LogP contribution is -2.44. The predicted octanol–water partition coefficient (Wildman–Crippen LogP) is 3.83. The van der Waals surface area contributed by atoms with E-state index < -0.39 is 0 Å². The molecule has 2 heterocycles. The van der Waals surface area contributed by atoms with E-state index in [2.05, 4.69) is 56.7 Å². The van der Waals surface area contributed by atoms with Crippen molar-refractivity contribution in [1.82, 2.24) is 9.88 Å². The van der Waals surface area contributed by atoms with Gasteiger partial charge in [-0.2, -0.15) is 0 Å². The van der Waals surface area contributed by atoms with Crippen molar-refractivity contribution in [2.75, 3.05) is 48.8 Å². The van der Waals surface area contributed by atoms with Crippen molar-refractivity contribution in [2.45, 2.75) is 0 Å². The number of nitrogens with one attached hydrogen (secondary N) is 2. The number of benzene rings is 2. The van der Waals surface area contributed by atoms with Crippen molar-refractivity contribution in [2.24, 2.45) is 0 Å². The van der Waals surface area contributed by atoms with E-state index in [-0.39, 0.29) is 5.91 Å². The third-order valence-corrected chi connectivity index (χ3v) is 5.07. The molecule has 2 N–H and O–H groups in total. The standard InChI is InChI=1S/C23H25N5O/c1-27-13-15-28(16-14-27)21-10-7-19(8-11-21)25-22-12-9-20(17-24-22)26-23(29)18-5-3-2-4-6-18/h2-12,17H,13-16H2,1H3,(H,24,25)(H,26,29). The molecule has 0 aliphatic carbocycles. The number of carbonyl (C=O) groups is 1. The van der Waals surface area contributed by atoms with Gasteiger partial charge in [0.05, 0.1) is 11.9 Å². The van der Waals surface area contributed by atoms with Crippen LogP contribution in [0.25, 0.3) is 0 Å². The van der Waals surface area contributed by atoms with Crippen LogP contribution in [0, 0.1) is 0 Å². The Hall–Kier alpha value is -3.38. The second-order valence-corrected chi connectivity index (χ2v) is 7.21. The summed E-state index contributed by atoms with van der Waals surface area (Å²) in [6, 6.07) is 21.3. The minimum absolute atomic E-state index is 0.146. The predicted molar refractivity (Wildman–Crippen MR) is 118 cm³/mol. The molecule has 1 fully saturated rings. The zero-order valence-electron chi connectivity index (χ0n) is 16.5. The molecule has 1 aromatic heterocycles. The van der Waals surface area contributed by atoms with E-state index in [9.17, 15) is 4.79 Å². The number of aromatic nitrogens is 1. The Bertz CT molecular complexity index is 933. The van der Waals surface area contributed by atoms with Crippen molar-refractivity contribution in [3.05, 3.63) is 78.5 Å². The Morgan fingerprint density at radius 2 is 1.55 bits per heavy atom. The van der Waals surface area contributed by atoms with E-state index in [0.717, 1.165) is 37.7 Å². The maximum absolute atomic E-state index is 12.2. The Labute approximate surface area is 171 Å². The second kappa shape index (κ2) is 8.75. The van der Waals surface area contributed by atoms with Crippen LogP contribution >= 0.6 is 0 Å². The van der Waals surface area contributed by atoms with Gasteiger partial charge >= 0.3 is 0 Å². The first kappa shape index (κ1) is 19.0. The Morgan fingerprint density at radius 3 is 2.21 bits per heavy atom. The van der Waals surface area contributed by atoms with Gasteiger partial charge in [0.1, 0.15) is 5.82 Å². The van der Waals surface area contributed by atoms with E-state index in [1.807, 2.05) is 30.3 Å². The molecule has 0 radical (unpaired) electrons. The van der Waals surface area contributed by atoms with Crippen molar-refractivity contribution in [1.29, 1.82) is 0 Å². The van der Waals surface area contributed by atoms with Gasteiger partial charge in [0.25, 0.3) is 5.91 Å². The Balaban J connectivity index is 1.34. The molecule has 0 saturated carbocycles.